The zero-order valence-electron chi connectivity index (χ0n) is 8.80. The number of nitrogens with one attached hydrogen (secondary N) is 1. The van der Waals surface area contributed by atoms with Gasteiger partial charge in [-0.05, 0) is 18.8 Å². The van der Waals surface area contributed by atoms with E-state index in [4.69, 9.17) is 0 Å². The molecule has 3 nitrogen and oxygen atoms in total. The number of carbonyl (C=O) groups excluding carboxylic acids is 1. The van der Waals surface area contributed by atoms with E-state index in [1.54, 1.807) is 0 Å². The second kappa shape index (κ2) is 3.61. The largest absolute Gasteiger partial charge is 0.335 e. The van der Waals surface area contributed by atoms with Crippen LogP contribution in [0, 0.1) is 5.92 Å². The maximum atomic E-state index is 12.8. The molecule has 0 aromatic rings. The van der Waals surface area contributed by atoms with Crippen molar-refractivity contribution < 1.29 is 13.6 Å². The van der Waals surface area contributed by atoms with Crippen LogP contribution in [0.1, 0.15) is 26.2 Å². The van der Waals surface area contributed by atoms with Crippen LogP contribution in [0.25, 0.3) is 0 Å². The van der Waals surface area contributed by atoms with E-state index in [1.807, 2.05) is 0 Å². The molecule has 2 amide bonds. The summed E-state index contributed by atoms with van der Waals surface area (Å²) in [6, 6.07) is -0.143. The molecule has 0 aromatic heterocycles. The lowest BCUT2D eigenvalue weighted by molar-refractivity contribution is 0.0150. The fraction of sp³-hybridized carbons (Fsp3) is 0.900. The first-order valence-corrected chi connectivity index (χ1v) is 5.41. The van der Waals surface area contributed by atoms with E-state index >= 15 is 0 Å². The van der Waals surface area contributed by atoms with E-state index in [9.17, 15) is 13.6 Å². The molecule has 0 aromatic carbocycles. The second-order valence-corrected chi connectivity index (χ2v) is 4.64. The van der Waals surface area contributed by atoms with Crippen LogP contribution >= 0.6 is 0 Å². The van der Waals surface area contributed by atoms with Gasteiger partial charge in [0.1, 0.15) is 0 Å². The molecule has 0 spiro atoms. The third-order valence-corrected chi connectivity index (χ3v) is 3.39. The number of likely N-dealkylation sites (tertiary alicyclic amines) is 1. The van der Waals surface area contributed by atoms with Gasteiger partial charge in [0.25, 0.3) is 5.92 Å². The molecule has 0 radical (unpaired) electrons. The van der Waals surface area contributed by atoms with Gasteiger partial charge >= 0.3 is 6.03 Å². The first kappa shape index (κ1) is 10.6. The van der Waals surface area contributed by atoms with E-state index in [0.29, 0.717) is 5.92 Å². The van der Waals surface area contributed by atoms with Gasteiger partial charge in [-0.1, -0.05) is 6.92 Å². The topological polar surface area (TPSA) is 32.3 Å². The number of hydrogen-bond donors (Lipinski definition) is 1. The SMILES string of the molecule is CC1CCC1NC(=O)N1CCC(F)(F)C1. The predicted octanol–water partition coefficient (Wildman–Crippen LogP) is 1.84. The third kappa shape index (κ3) is 2.21. The monoisotopic (exact) mass is 218 g/mol. The Morgan fingerprint density at radius 3 is 2.60 bits per heavy atom. The Hall–Kier alpha value is -0.870. The maximum Gasteiger partial charge on any atom is 0.317 e. The molecule has 1 saturated heterocycles. The zero-order valence-corrected chi connectivity index (χ0v) is 8.80. The van der Waals surface area contributed by atoms with Crippen LogP contribution in [-0.2, 0) is 0 Å². The summed E-state index contributed by atoms with van der Waals surface area (Å²) in [5.41, 5.74) is 0. The second-order valence-electron chi connectivity index (χ2n) is 4.64. The van der Waals surface area contributed by atoms with Gasteiger partial charge in [-0.25, -0.2) is 13.6 Å². The van der Waals surface area contributed by atoms with Gasteiger partial charge < -0.3 is 10.2 Å². The summed E-state index contributed by atoms with van der Waals surface area (Å²) in [5, 5.41) is 2.80. The summed E-state index contributed by atoms with van der Waals surface area (Å²) < 4.78 is 25.7. The van der Waals surface area contributed by atoms with Crippen molar-refractivity contribution in [2.24, 2.45) is 5.92 Å². The molecule has 15 heavy (non-hydrogen) atoms. The number of hydrogen-bond acceptors (Lipinski definition) is 1. The highest BCUT2D eigenvalue weighted by Crippen LogP contribution is 2.29. The summed E-state index contributed by atoms with van der Waals surface area (Å²) in [4.78, 5) is 12.8. The molecule has 1 saturated carbocycles. The van der Waals surface area contributed by atoms with Crippen LogP contribution in [-0.4, -0.2) is 36.0 Å². The standard InChI is InChI=1S/C10H16F2N2O/c1-7-2-3-8(7)13-9(15)14-5-4-10(11,12)6-14/h7-8H,2-6H2,1H3,(H,13,15). The summed E-state index contributed by atoms with van der Waals surface area (Å²) in [6.07, 6.45) is 1.87. The molecular weight excluding hydrogens is 202 g/mol. The quantitative estimate of drug-likeness (QED) is 0.715. The Bertz CT molecular complexity index is 270. The van der Waals surface area contributed by atoms with Crippen molar-refractivity contribution in [2.75, 3.05) is 13.1 Å². The molecule has 1 heterocycles. The number of halogens is 2. The summed E-state index contributed by atoms with van der Waals surface area (Å²) in [5.74, 6) is -2.21. The molecule has 0 bridgehead atoms. The average molecular weight is 218 g/mol. The first-order chi connectivity index (χ1) is 6.98. The highest BCUT2D eigenvalue weighted by molar-refractivity contribution is 5.75. The third-order valence-electron chi connectivity index (χ3n) is 3.39. The van der Waals surface area contributed by atoms with Crippen molar-refractivity contribution in [2.45, 2.75) is 38.2 Å². The van der Waals surface area contributed by atoms with Crippen molar-refractivity contribution in [3.8, 4) is 0 Å². The summed E-state index contributed by atoms with van der Waals surface area (Å²) in [7, 11) is 0. The van der Waals surface area contributed by atoms with E-state index < -0.39 is 12.5 Å². The van der Waals surface area contributed by atoms with Gasteiger partial charge in [-0.3, -0.25) is 0 Å². The Labute approximate surface area is 87.8 Å². The molecule has 2 unspecified atom stereocenters. The Morgan fingerprint density at radius 2 is 2.20 bits per heavy atom. The van der Waals surface area contributed by atoms with Gasteiger partial charge in [-0.15, -0.1) is 0 Å². The van der Waals surface area contributed by atoms with Crippen LogP contribution in [0.2, 0.25) is 0 Å². The van der Waals surface area contributed by atoms with Gasteiger partial charge in [0.05, 0.1) is 6.54 Å². The van der Waals surface area contributed by atoms with Crippen LogP contribution in [0.4, 0.5) is 13.6 Å². The predicted molar refractivity (Wildman–Crippen MR) is 51.9 cm³/mol. The van der Waals surface area contributed by atoms with Crippen molar-refractivity contribution >= 4 is 6.03 Å². The van der Waals surface area contributed by atoms with Crippen LogP contribution < -0.4 is 5.32 Å². The smallest absolute Gasteiger partial charge is 0.317 e. The molecule has 86 valence electrons. The van der Waals surface area contributed by atoms with E-state index in [1.165, 1.54) is 4.90 Å². The summed E-state index contributed by atoms with van der Waals surface area (Å²) >= 11 is 0. The van der Waals surface area contributed by atoms with Crippen LogP contribution in [0.15, 0.2) is 0 Å². The first-order valence-electron chi connectivity index (χ1n) is 5.41. The minimum atomic E-state index is -2.69. The lowest BCUT2D eigenvalue weighted by atomic mass is 9.81. The molecule has 5 heteroatoms. The van der Waals surface area contributed by atoms with Crippen molar-refractivity contribution in [1.29, 1.82) is 0 Å². The lowest BCUT2D eigenvalue weighted by Gasteiger charge is -2.35. The number of nitrogens with zero attached hydrogens (tertiary/aromatic N) is 1. The molecular formula is C10H16F2N2O. The minimum absolute atomic E-state index is 0.167. The Balaban J connectivity index is 1.82. The number of urea groups is 1. The lowest BCUT2D eigenvalue weighted by Crippen LogP contribution is -2.50. The Kier molecular flexibility index (Phi) is 2.56. The Morgan fingerprint density at radius 1 is 1.47 bits per heavy atom. The molecule has 2 aliphatic rings. The minimum Gasteiger partial charge on any atom is -0.335 e. The normalized spacial score (nSPS) is 33.7. The number of alkyl halides is 2. The maximum absolute atomic E-state index is 12.8. The highest BCUT2D eigenvalue weighted by atomic mass is 19.3. The van der Waals surface area contributed by atoms with Gasteiger partial charge in [-0.2, -0.15) is 0 Å². The van der Waals surface area contributed by atoms with Gasteiger partial charge in [0.15, 0.2) is 0 Å². The highest BCUT2D eigenvalue weighted by Gasteiger charge is 2.41. The molecule has 1 aliphatic carbocycles. The van der Waals surface area contributed by atoms with Gasteiger partial charge in [0.2, 0.25) is 0 Å². The average Bonchev–Trinajstić information content (AvgIpc) is 2.52. The fourth-order valence-electron chi connectivity index (χ4n) is 2.04. The number of carbonyl (C=O) groups is 1. The number of rotatable bonds is 1. The summed E-state index contributed by atoms with van der Waals surface area (Å²) in [6.45, 7) is 1.80. The van der Waals surface area contributed by atoms with Gasteiger partial charge in [0, 0.05) is 19.0 Å². The molecule has 2 fully saturated rings. The molecule has 2 atom stereocenters. The zero-order chi connectivity index (χ0) is 11.1. The van der Waals surface area contributed by atoms with Crippen LogP contribution in [0.3, 0.4) is 0 Å². The number of amides is 2. The molecule has 1 N–H and O–H groups in total. The van der Waals surface area contributed by atoms with E-state index in [-0.39, 0.29) is 25.0 Å². The van der Waals surface area contributed by atoms with Crippen LogP contribution in [0.5, 0.6) is 0 Å². The van der Waals surface area contributed by atoms with E-state index in [0.717, 1.165) is 12.8 Å². The van der Waals surface area contributed by atoms with Crippen molar-refractivity contribution in [3.05, 3.63) is 0 Å². The fourth-order valence-corrected chi connectivity index (χ4v) is 2.04. The molecule has 2 rings (SSSR count). The van der Waals surface area contributed by atoms with Crippen molar-refractivity contribution in [3.63, 3.8) is 0 Å². The van der Waals surface area contributed by atoms with Crippen molar-refractivity contribution in [1.82, 2.24) is 10.2 Å². The van der Waals surface area contributed by atoms with E-state index in [2.05, 4.69) is 12.2 Å². The molecule has 1 aliphatic heterocycles.